The van der Waals surface area contributed by atoms with Crippen LogP contribution in [0.25, 0.3) is 0 Å². The van der Waals surface area contributed by atoms with Gasteiger partial charge < -0.3 is 30.3 Å². The minimum Gasteiger partial charge on any atom is -0.459 e. The van der Waals surface area contributed by atoms with E-state index in [4.69, 9.17) is 32.7 Å². The van der Waals surface area contributed by atoms with Crippen molar-refractivity contribution in [3.05, 3.63) is 24.3 Å². The molecule has 12 heteroatoms. The number of carbonyl (C=O) groups excluding carboxylic acids is 4. The SMILES string of the molecule is CCCCCC(OC(=O)CCl)C(O)CC=CCCCCCCCC(=O)NCNC(=O)CC=CCC(O)C(CCCCC)OC(=O)CCl. The first kappa shape index (κ1) is 44.9. The lowest BCUT2D eigenvalue weighted by Gasteiger charge is -2.22. The fourth-order valence-corrected chi connectivity index (χ4v) is 4.94. The van der Waals surface area contributed by atoms with Gasteiger partial charge in [0.2, 0.25) is 11.8 Å². The monoisotopic (exact) mass is 706 g/mol. The van der Waals surface area contributed by atoms with E-state index in [1.165, 1.54) is 0 Å². The number of nitrogens with one attached hydrogen (secondary N) is 2. The molecule has 0 rings (SSSR count). The molecule has 0 aromatic heterocycles. The molecule has 0 aliphatic carbocycles. The molecule has 4 unspecified atom stereocenters. The van der Waals surface area contributed by atoms with E-state index in [0.717, 1.165) is 77.0 Å². The second kappa shape index (κ2) is 31.1. The van der Waals surface area contributed by atoms with Crippen molar-refractivity contribution in [3.63, 3.8) is 0 Å². The van der Waals surface area contributed by atoms with Crippen LogP contribution >= 0.6 is 23.2 Å². The summed E-state index contributed by atoms with van der Waals surface area (Å²) in [6.07, 6.45) is 18.3. The van der Waals surface area contributed by atoms with E-state index < -0.39 is 36.4 Å². The van der Waals surface area contributed by atoms with Crippen molar-refractivity contribution in [2.24, 2.45) is 0 Å². The zero-order valence-corrected chi connectivity index (χ0v) is 30.1. The van der Waals surface area contributed by atoms with Crippen molar-refractivity contribution in [1.82, 2.24) is 10.6 Å². The van der Waals surface area contributed by atoms with Crippen LogP contribution in [0.15, 0.2) is 24.3 Å². The van der Waals surface area contributed by atoms with Gasteiger partial charge in [0.1, 0.15) is 24.0 Å². The first-order valence-corrected chi connectivity index (χ1v) is 18.5. The Kier molecular flexibility index (Phi) is 29.7. The van der Waals surface area contributed by atoms with Gasteiger partial charge in [-0.1, -0.05) is 83.1 Å². The van der Waals surface area contributed by atoms with Crippen molar-refractivity contribution in [2.45, 2.75) is 154 Å². The Morgan fingerprint density at radius 2 is 1.13 bits per heavy atom. The minimum atomic E-state index is -0.880. The van der Waals surface area contributed by atoms with Gasteiger partial charge in [-0.2, -0.15) is 0 Å². The number of amides is 2. The summed E-state index contributed by atoms with van der Waals surface area (Å²) < 4.78 is 10.6. The van der Waals surface area contributed by atoms with Crippen molar-refractivity contribution in [1.29, 1.82) is 0 Å². The number of unbranched alkanes of at least 4 members (excludes halogenated alkanes) is 9. The van der Waals surface area contributed by atoms with E-state index in [2.05, 4.69) is 24.5 Å². The first-order chi connectivity index (χ1) is 22.7. The number of hydrogen-bond donors (Lipinski definition) is 4. The van der Waals surface area contributed by atoms with Crippen LogP contribution in [0.2, 0.25) is 0 Å². The molecule has 0 bridgehead atoms. The van der Waals surface area contributed by atoms with Crippen LogP contribution in [0.4, 0.5) is 0 Å². The smallest absolute Gasteiger partial charge is 0.321 e. The van der Waals surface area contributed by atoms with Gasteiger partial charge in [-0.3, -0.25) is 19.2 Å². The van der Waals surface area contributed by atoms with Gasteiger partial charge in [0.15, 0.2) is 0 Å². The van der Waals surface area contributed by atoms with Crippen LogP contribution in [0.3, 0.4) is 0 Å². The highest BCUT2D eigenvalue weighted by molar-refractivity contribution is 6.26. The predicted molar refractivity (Wildman–Crippen MR) is 187 cm³/mol. The number of hydrogen-bond acceptors (Lipinski definition) is 8. The van der Waals surface area contributed by atoms with E-state index in [-0.39, 0.29) is 43.1 Å². The molecular formula is C35H60Cl2N2O8. The molecule has 0 spiro atoms. The highest BCUT2D eigenvalue weighted by Gasteiger charge is 2.23. The Labute approximate surface area is 292 Å². The molecule has 0 saturated carbocycles. The number of allylic oxidation sites excluding steroid dienone is 1. The first-order valence-electron chi connectivity index (χ1n) is 17.4. The summed E-state index contributed by atoms with van der Waals surface area (Å²) in [5.41, 5.74) is 0. The summed E-state index contributed by atoms with van der Waals surface area (Å²) in [5, 5.41) is 26.2. The largest absolute Gasteiger partial charge is 0.459 e. The maximum absolute atomic E-state index is 12.1. The van der Waals surface area contributed by atoms with Gasteiger partial charge >= 0.3 is 11.9 Å². The molecule has 0 aliphatic rings. The van der Waals surface area contributed by atoms with Crippen molar-refractivity contribution in [3.8, 4) is 0 Å². The number of halogens is 2. The van der Waals surface area contributed by atoms with Gasteiger partial charge in [0, 0.05) is 12.8 Å². The Bertz CT molecular complexity index is 903. The van der Waals surface area contributed by atoms with E-state index >= 15 is 0 Å². The van der Waals surface area contributed by atoms with Gasteiger partial charge in [0.25, 0.3) is 0 Å². The van der Waals surface area contributed by atoms with Gasteiger partial charge in [-0.25, -0.2) is 0 Å². The Hall–Kier alpha value is -2.14. The molecule has 0 aliphatic heterocycles. The second-order valence-electron chi connectivity index (χ2n) is 11.8. The summed E-state index contributed by atoms with van der Waals surface area (Å²) in [7, 11) is 0. The van der Waals surface area contributed by atoms with Crippen molar-refractivity contribution < 1.29 is 38.9 Å². The van der Waals surface area contributed by atoms with Crippen LogP contribution < -0.4 is 10.6 Å². The Balaban J connectivity index is 4.01. The summed E-state index contributed by atoms with van der Waals surface area (Å²) in [5.74, 6) is -1.93. The molecule has 0 saturated heterocycles. The normalized spacial score (nSPS) is 14.1. The lowest BCUT2D eigenvalue weighted by Crippen LogP contribution is -2.36. The third-order valence-corrected chi connectivity index (χ3v) is 8.00. The number of rotatable bonds is 30. The zero-order chi connectivity index (χ0) is 35.1. The lowest BCUT2D eigenvalue weighted by molar-refractivity contribution is -0.153. The van der Waals surface area contributed by atoms with Crippen molar-refractivity contribution >= 4 is 47.0 Å². The Morgan fingerprint density at radius 3 is 1.66 bits per heavy atom. The van der Waals surface area contributed by atoms with Gasteiger partial charge in [0.05, 0.1) is 18.9 Å². The maximum atomic E-state index is 12.1. The molecule has 0 heterocycles. The lowest BCUT2D eigenvalue weighted by atomic mass is 10.0. The molecule has 4 N–H and O–H groups in total. The van der Waals surface area contributed by atoms with Crippen LogP contribution in [-0.2, 0) is 28.7 Å². The molecule has 0 radical (unpaired) electrons. The predicted octanol–water partition coefficient (Wildman–Crippen LogP) is 6.37. The maximum Gasteiger partial charge on any atom is 0.321 e. The molecule has 47 heavy (non-hydrogen) atoms. The number of carbonyl (C=O) groups is 4. The number of ether oxygens (including phenoxy) is 2. The van der Waals surface area contributed by atoms with Crippen LogP contribution in [-0.4, -0.2) is 76.8 Å². The topological polar surface area (TPSA) is 151 Å². The summed E-state index contributed by atoms with van der Waals surface area (Å²) in [6, 6.07) is 0. The van der Waals surface area contributed by atoms with E-state index in [0.29, 0.717) is 25.7 Å². The summed E-state index contributed by atoms with van der Waals surface area (Å²) in [6.45, 7) is 4.21. The average molecular weight is 708 g/mol. The molecular weight excluding hydrogens is 647 g/mol. The van der Waals surface area contributed by atoms with Crippen LogP contribution in [0.1, 0.15) is 129 Å². The highest BCUT2D eigenvalue weighted by atomic mass is 35.5. The quantitative estimate of drug-likeness (QED) is 0.0221. The molecule has 0 aromatic carbocycles. The van der Waals surface area contributed by atoms with E-state index in [1.807, 2.05) is 12.2 Å². The van der Waals surface area contributed by atoms with Crippen molar-refractivity contribution in [2.75, 3.05) is 18.4 Å². The third-order valence-electron chi connectivity index (χ3n) is 7.56. The fraction of sp³-hybridized carbons (Fsp3) is 0.771. The molecule has 272 valence electrons. The standard InChI is InChI=1S/C35H60Cl2N2O8/c1-3-5-13-21-30(46-34(44)25-36)28(40)19-15-11-9-7-8-10-12-16-23-32(42)38-27-39-33(43)24-18-17-20-29(41)31(22-14-6-4-2)47-35(45)26-37/h11,15,17-18,28-31,40-41H,3-10,12-14,16,19-27H2,1-2H3,(H,38,42)(H,39,43). The number of alkyl halides is 2. The van der Waals surface area contributed by atoms with Gasteiger partial charge in [-0.15, -0.1) is 23.2 Å². The third kappa shape index (κ3) is 26.5. The van der Waals surface area contributed by atoms with E-state index in [1.54, 1.807) is 12.2 Å². The number of aliphatic hydroxyl groups excluding tert-OH is 2. The molecule has 10 nitrogen and oxygen atoms in total. The minimum absolute atomic E-state index is 0.0532. The molecule has 4 atom stereocenters. The summed E-state index contributed by atoms with van der Waals surface area (Å²) in [4.78, 5) is 47.3. The highest BCUT2D eigenvalue weighted by Crippen LogP contribution is 2.16. The molecule has 0 aromatic rings. The second-order valence-corrected chi connectivity index (χ2v) is 12.3. The fourth-order valence-electron chi connectivity index (χ4n) is 4.81. The number of aliphatic hydroxyl groups is 2. The average Bonchev–Trinajstić information content (AvgIpc) is 3.06. The zero-order valence-electron chi connectivity index (χ0n) is 28.6. The molecule has 0 fully saturated rings. The molecule has 2 amide bonds. The van der Waals surface area contributed by atoms with Crippen LogP contribution in [0.5, 0.6) is 0 Å². The van der Waals surface area contributed by atoms with Crippen LogP contribution in [0, 0.1) is 0 Å². The van der Waals surface area contributed by atoms with Gasteiger partial charge in [-0.05, 0) is 57.8 Å². The number of esters is 2. The summed E-state index contributed by atoms with van der Waals surface area (Å²) >= 11 is 11.1. The Morgan fingerprint density at radius 1 is 0.638 bits per heavy atom. The van der Waals surface area contributed by atoms with E-state index in [9.17, 15) is 29.4 Å².